The Hall–Kier alpha value is -3.55. The van der Waals surface area contributed by atoms with Crippen LogP contribution in [-0.2, 0) is 20.8 Å². The number of nitrogens with zero attached hydrogens (tertiary/aromatic N) is 1. The van der Waals surface area contributed by atoms with Crippen LogP contribution in [0.4, 0.5) is 0 Å². The number of hydrogen-bond donors (Lipinski definition) is 2. The van der Waals surface area contributed by atoms with Crippen LogP contribution in [0.3, 0.4) is 0 Å². The fraction of sp³-hybridized carbons (Fsp3) is 0.211. The van der Waals surface area contributed by atoms with Crippen molar-refractivity contribution in [3.63, 3.8) is 0 Å². The Morgan fingerprint density at radius 2 is 2.00 bits per heavy atom. The molecule has 0 saturated carbocycles. The first-order valence-electron chi connectivity index (χ1n) is 8.27. The Bertz CT molecular complexity index is 844. The second-order valence-electron chi connectivity index (χ2n) is 5.83. The number of allylic oxidation sites excluding steroid dienone is 1. The van der Waals surface area contributed by atoms with Crippen molar-refractivity contribution in [2.45, 2.75) is 12.5 Å². The van der Waals surface area contributed by atoms with Crippen LogP contribution in [0, 0.1) is 0 Å². The summed E-state index contributed by atoms with van der Waals surface area (Å²) in [6, 6.07) is 11.4. The molecule has 1 aliphatic heterocycles. The van der Waals surface area contributed by atoms with Crippen molar-refractivity contribution in [1.82, 2.24) is 10.2 Å². The lowest BCUT2D eigenvalue weighted by Crippen LogP contribution is -2.63. The van der Waals surface area contributed by atoms with Crippen molar-refractivity contribution in [1.29, 1.82) is 0 Å². The summed E-state index contributed by atoms with van der Waals surface area (Å²) in [4.78, 5) is 36.4. The molecule has 0 radical (unpaired) electrons. The molecule has 2 N–H and O–H groups in total. The van der Waals surface area contributed by atoms with Crippen molar-refractivity contribution >= 4 is 17.8 Å². The van der Waals surface area contributed by atoms with E-state index in [9.17, 15) is 14.4 Å². The Balaban J connectivity index is 1.62. The first kappa shape index (κ1) is 18.2. The number of rotatable bonds is 8. The average Bonchev–Trinajstić information content (AvgIpc) is 3.18. The molecule has 1 aromatic carbocycles. The molecule has 1 unspecified atom stereocenters. The van der Waals surface area contributed by atoms with Crippen LogP contribution in [0.25, 0.3) is 0 Å². The van der Waals surface area contributed by atoms with Crippen LogP contribution in [-0.4, -0.2) is 47.0 Å². The van der Waals surface area contributed by atoms with Gasteiger partial charge in [0, 0.05) is 6.42 Å². The van der Waals surface area contributed by atoms with Crippen molar-refractivity contribution in [2.75, 3.05) is 13.2 Å². The smallest absolute Gasteiger partial charge is 0.323 e. The highest BCUT2D eigenvalue weighted by molar-refractivity contribution is 5.99. The maximum atomic E-state index is 12.2. The van der Waals surface area contributed by atoms with Crippen LogP contribution in [0.2, 0.25) is 0 Å². The summed E-state index contributed by atoms with van der Waals surface area (Å²) in [5.74, 6) is -0.889. The number of para-hydroxylation sites is 1. The number of carbonyl (C=O) groups excluding carboxylic acids is 2. The van der Waals surface area contributed by atoms with E-state index in [1.165, 1.54) is 6.26 Å². The zero-order valence-electron chi connectivity index (χ0n) is 14.3. The van der Waals surface area contributed by atoms with Gasteiger partial charge in [0.25, 0.3) is 11.8 Å². The van der Waals surface area contributed by atoms with E-state index in [0.29, 0.717) is 23.6 Å². The number of carboxylic acids is 1. The lowest BCUT2D eigenvalue weighted by Gasteiger charge is -2.40. The number of aliphatic carboxylic acids is 1. The number of furan rings is 1. The molecule has 2 amide bonds. The van der Waals surface area contributed by atoms with E-state index in [1.54, 1.807) is 42.5 Å². The molecule has 0 spiro atoms. The number of ether oxygens (including phenoxy) is 1. The monoisotopic (exact) mass is 370 g/mol. The summed E-state index contributed by atoms with van der Waals surface area (Å²) in [7, 11) is 0. The lowest BCUT2D eigenvalue weighted by atomic mass is 9.99. The lowest BCUT2D eigenvalue weighted by molar-refractivity contribution is -0.149. The largest absolute Gasteiger partial charge is 0.484 e. The topological polar surface area (TPSA) is 109 Å². The first-order chi connectivity index (χ1) is 13.0. The van der Waals surface area contributed by atoms with Gasteiger partial charge in [-0.15, -0.1) is 0 Å². The fourth-order valence-corrected chi connectivity index (χ4v) is 2.67. The SMILES string of the molecule is O=C(O)CN1C(=O)C(NC(=O)COc2ccccc2)C1=CCc1ccco1. The summed E-state index contributed by atoms with van der Waals surface area (Å²) in [6.07, 6.45) is 3.57. The number of amides is 2. The molecule has 8 heteroatoms. The molecule has 0 bridgehead atoms. The van der Waals surface area contributed by atoms with Gasteiger partial charge >= 0.3 is 5.97 Å². The van der Waals surface area contributed by atoms with Gasteiger partial charge < -0.3 is 24.5 Å². The summed E-state index contributed by atoms with van der Waals surface area (Å²) in [5, 5.41) is 11.5. The van der Waals surface area contributed by atoms with E-state index in [0.717, 1.165) is 4.90 Å². The Morgan fingerprint density at radius 1 is 1.22 bits per heavy atom. The standard InChI is InChI=1S/C19H18N2O6/c22-16(12-27-13-5-2-1-3-6-13)20-18-15(9-8-14-7-4-10-26-14)21(19(18)25)11-17(23)24/h1-7,9-10,18H,8,11-12H2,(H,20,22)(H,23,24). The first-order valence-corrected chi connectivity index (χ1v) is 8.27. The molecular weight excluding hydrogens is 352 g/mol. The highest BCUT2D eigenvalue weighted by Gasteiger charge is 2.44. The molecule has 2 aromatic rings. The Labute approximate surface area is 155 Å². The second-order valence-corrected chi connectivity index (χ2v) is 5.83. The number of benzene rings is 1. The summed E-state index contributed by atoms with van der Waals surface area (Å²) in [6.45, 7) is -0.714. The second kappa shape index (κ2) is 8.22. The minimum atomic E-state index is -1.13. The van der Waals surface area contributed by atoms with Crippen molar-refractivity contribution in [3.05, 3.63) is 66.3 Å². The van der Waals surface area contributed by atoms with Crippen molar-refractivity contribution in [3.8, 4) is 5.75 Å². The molecule has 1 aliphatic rings. The number of hydrogen-bond acceptors (Lipinski definition) is 5. The number of β-lactam (4-membered cyclic amide) rings is 1. The number of carboxylic acid groups (broad SMARTS) is 1. The van der Waals surface area contributed by atoms with Gasteiger partial charge in [-0.25, -0.2) is 0 Å². The quantitative estimate of drug-likeness (QED) is 0.676. The van der Waals surface area contributed by atoms with Crippen LogP contribution < -0.4 is 10.1 Å². The highest BCUT2D eigenvalue weighted by atomic mass is 16.5. The Morgan fingerprint density at radius 3 is 2.67 bits per heavy atom. The molecule has 27 heavy (non-hydrogen) atoms. The van der Waals surface area contributed by atoms with Crippen LogP contribution in [0.1, 0.15) is 5.76 Å². The van der Waals surface area contributed by atoms with E-state index >= 15 is 0 Å². The number of likely N-dealkylation sites (tertiary alicyclic amines) is 1. The summed E-state index contributed by atoms with van der Waals surface area (Å²) in [5.41, 5.74) is 0.423. The molecular formula is C19H18N2O6. The maximum absolute atomic E-state index is 12.2. The third-order valence-electron chi connectivity index (χ3n) is 3.92. The third kappa shape index (κ3) is 4.55. The van der Waals surface area contributed by atoms with Crippen LogP contribution in [0.5, 0.6) is 5.75 Å². The summed E-state index contributed by atoms with van der Waals surface area (Å²) < 4.78 is 10.6. The predicted molar refractivity (Wildman–Crippen MR) is 93.7 cm³/mol. The molecule has 1 fully saturated rings. The zero-order chi connectivity index (χ0) is 19.2. The normalized spacial score (nSPS) is 17.5. The fourth-order valence-electron chi connectivity index (χ4n) is 2.67. The number of nitrogens with one attached hydrogen (secondary N) is 1. The van der Waals surface area contributed by atoms with E-state index in [-0.39, 0.29) is 6.61 Å². The molecule has 2 heterocycles. The molecule has 3 rings (SSSR count). The van der Waals surface area contributed by atoms with E-state index in [2.05, 4.69) is 5.32 Å². The number of carbonyl (C=O) groups is 3. The molecule has 1 atom stereocenters. The highest BCUT2D eigenvalue weighted by Crippen LogP contribution is 2.25. The van der Waals surface area contributed by atoms with Crippen molar-refractivity contribution < 1.29 is 28.6 Å². The van der Waals surface area contributed by atoms with Crippen LogP contribution >= 0.6 is 0 Å². The van der Waals surface area contributed by atoms with E-state index < -0.39 is 30.4 Å². The predicted octanol–water partition coefficient (Wildman–Crippen LogP) is 1.20. The molecule has 1 saturated heterocycles. The maximum Gasteiger partial charge on any atom is 0.323 e. The van der Waals surface area contributed by atoms with Gasteiger partial charge in [-0.1, -0.05) is 24.3 Å². The van der Waals surface area contributed by atoms with Gasteiger partial charge in [0.15, 0.2) is 6.61 Å². The van der Waals surface area contributed by atoms with E-state index in [1.807, 2.05) is 6.07 Å². The van der Waals surface area contributed by atoms with Gasteiger partial charge in [-0.3, -0.25) is 14.4 Å². The molecule has 8 nitrogen and oxygen atoms in total. The molecule has 1 aromatic heterocycles. The Kier molecular flexibility index (Phi) is 5.55. The molecule has 0 aliphatic carbocycles. The zero-order valence-corrected chi connectivity index (χ0v) is 14.3. The third-order valence-corrected chi connectivity index (χ3v) is 3.92. The minimum Gasteiger partial charge on any atom is -0.484 e. The minimum absolute atomic E-state index is 0.252. The van der Waals surface area contributed by atoms with E-state index in [4.69, 9.17) is 14.3 Å². The van der Waals surface area contributed by atoms with Gasteiger partial charge in [0.05, 0.1) is 12.0 Å². The average molecular weight is 370 g/mol. The van der Waals surface area contributed by atoms with Crippen LogP contribution in [0.15, 0.2) is 64.9 Å². The molecule has 140 valence electrons. The van der Waals surface area contributed by atoms with Gasteiger partial charge in [-0.2, -0.15) is 0 Å². The van der Waals surface area contributed by atoms with Gasteiger partial charge in [0.1, 0.15) is 24.1 Å². The van der Waals surface area contributed by atoms with Gasteiger partial charge in [0.2, 0.25) is 0 Å². The van der Waals surface area contributed by atoms with Crippen molar-refractivity contribution in [2.24, 2.45) is 0 Å². The van der Waals surface area contributed by atoms with Gasteiger partial charge in [-0.05, 0) is 24.3 Å². The summed E-state index contributed by atoms with van der Waals surface area (Å²) >= 11 is 0.